The number of carbonyl (C=O) groups is 1. The van der Waals surface area contributed by atoms with E-state index in [0.717, 1.165) is 38.4 Å². The van der Waals surface area contributed by atoms with Crippen LogP contribution >= 0.6 is 12.4 Å². The lowest BCUT2D eigenvalue weighted by Crippen LogP contribution is -2.49. The predicted molar refractivity (Wildman–Crippen MR) is 65.7 cm³/mol. The molecule has 1 aliphatic carbocycles. The Hall–Kier alpha value is -0.280. The van der Waals surface area contributed by atoms with E-state index >= 15 is 0 Å². The van der Waals surface area contributed by atoms with Crippen LogP contribution in [0, 0.1) is 11.8 Å². The van der Waals surface area contributed by atoms with Gasteiger partial charge in [-0.25, -0.2) is 0 Å². The fourth-order valence-electron chi connectivity index (χ4n) is 3.16. The number of rotatable bonds is 1. The van der Waals surface area contributed by atoms with Gasteiger partial charge in [0.15, 0.2) is 0 Å². The number of amides is 1. The molecule has 16 heavy (non-hydrogen) atoms. The zero-order valence-corrected chi connectivity index (χ0v) is 10.5. The molecule has 0 aromatic carbocycles. The van der Waals surface area contributed by atoms with E-state index < -0.39 is 0 Å². The predicted octanol–water partition coefficient (Wildman–Crippen LogP) is 1.42. The van der Waals surface area contributed by atoms with Crippen LogP contribution in [0.15, 0.2) is 0 Å². The van der Waals surface area contributed by atoms with Crippen LogP contribution in [-0.2, 0) is 4.79 Å². The van der Waals surface area contributed by atoms with Crippen molar-refractivity contribution in [1.82, 2.24) is 10.2 Å². The van der Waals surface area contributed by atoms with Crippen molar-refractivity contribution in [3.63, 3.8) is 0 Å². The molecule has 2 aliphatic heterocycles. The summed E-state index contributed by atoms with van der Waals surface area (Å²) in [6.45, 7) is 3.16. The molecule has 1 N–H and O–H groups in total. The summed E-state index contributed by atoms with van der Waals surface area (Å²) in [6.07, 6.45) is 5.98. The molecule has 2 atom stereocenters. The summed E-state index contributed by atoms with van der Waals surface area (Å²) in [4.78, 5) is 14.2. The average molecular weight is 245 g/mol. The van der Waals surface area contributed by atoms with Gasteiger partial charge >= 0.3 is 0 Å². The van der Waals surface area contributed by atoms with E-state index in [9.17, 15) is 4.79 Å². The molecule has 2 saturated heterocycles. The molecule has 4 heteroatoms. The van der Waals surface area contributed by atoms with Crippen molar-refractivity contribution in [2.24, 2.45) is 11.8 Å². The number of nitrogens with zero attached hydrogens (tertiary/aromatic N) is 1. The van der Waals surface area contributed by atoms with Gasteiger partial charge in [-0.3, -0.25) is 4.79 Å². The Bertz CT molecular complexity index is 268. The second kappa shape index (κ2) is 4.92. The van der Waals surface area contributed by atoms with Crippen molar-refractivity contribution in [2.75, 3.05) is 19.6 Å². The summed E-state index contributed by atoms with van der Waals surface area (Å²) in [6, 6.07) is 0.704. The normalized spacial score (nSPS) is 33.9. The van der Waals surface area contributed by atoms with E-state index in [4.69, 9.17) is 0 Å². The molecule has 2 unspecified atom stereocenters. The van der Waals surface area contributed by atoms with Gasteiger partial charge in [-0.1, -0.05) is 6.42 Å². The third-order valence-electron chi connectivity index (χ3n) is 4.42. The topological polar surface area (TPSA) is 32.3 Å². The van der Waals surface area contributed by atoms with Gasteiger partial charge in [0, 0.05) is 25.0 Å². The summed E-state index contributed by atoms with van der Waals surface area (Å²) >= 11 is 0. The van der Waals surface area contributed by atoms with E-state index in [1.165, 1.54) is 19.3 Å². The Morgan fingerprint density at radius 2 is 2.00 bits per heavy atom. The highest BCUT2D eigenvalue weighted by Gasteiger charge is 2.37. The van der Waals surface area contributed by atoms with Crippen LogP contribution in [0.1, 0.15) is 32.1 Å². The maximum atomic E-state index is 12.1. The number of hydrogen-bond donors (Lipinski definition) is 1. The zero-order chi connectivity index (χ0) is 10.3. The second-order valence-corrected chi connectivity index (χ2v) is 5.31. The SMILES string of the molecule is Cl.O=C(C1CCC1)N1CCC2NCCC2C1. The molecule has 1 amide bonds. The lowest BCUT2D eigenvalue weighted by Gasteiger charge is -2.38. The number of piperidine rings is 1. The Morgan fingerprint density at radius 1 is 1.19 bits per heavy atom. The van der Waals surface area contributed by atoms with Gasteiger partial charge in [0.05, 0.1) is 0 Å². The van der Waals surface area contributed by atoms with Crippen LogP contribution in [0.25, 0.3) is 0 Å². The number of fused-ring (bicyclic) bond motifs is 1. The Morgan fingerprint density at radius 3 is 2.69 bits per heavy atom. The van der Waals surface area contributed by atoms with Crippen molar-refractivity contribution < 1.29 is 4.79 Å². The van der Waals surface area contributed by atoms with Gasteiger partial charge in [-0.2, -0.15) is 0 Å². The van der Waals surface area contributed by atoms with E-state index in [-0.39, 0.29) is 12.4 Å². The van der Waals surface area contributed by atoms with Crippen LogP contribution in [-0.4, -0.2) is 36.5 Å². The molecular weight excluding hydrogens is 224 g/mol. The Labute approximate surface area is 103 Å². The first-order valence-corrected chi connectivity index (χ1v) is 6.37. The minimum Gasteiger partial charge on any atom is -0.342 e. The van der Waals surface area contributed by atoms with Crippen molar-refractivity contribution >= 4 is 18.3 Å². The molecule has 2 heterocycles. The molecule has 0 aromatic rings. The van der Waals surface area contributed by atoms with E-state index in [2.05, 4.69) is 10.2 Å². The molecule has 0 aromatic heterocycles. The van der Waals surface area contributed by atoms with Crippen LogP contribution in [0.5, 0.6) is 0 Å². The molecule has 3 fully saturated rings. The molecule has 3 aliphatic rings. The highest BCUT2D eigenvalue weighted by molar-refractivity contribution is 5.85. The van der Waals surface area contributed by atoms with Crippen molar-refractivity contribution in [3.05, 3.63) is 0 Å². The van der Waals surface area contributed by atoms with Crippen LogP contribution in [0.4, 0.5) is 0 Å². The maximum absolute atomic E-state index is 12.1. The third kappa shape index (κ3) is 2.07. The minimum absolute atomic E-state index is 0. The third-order valence-corrected chi connectivity index (χ3v) is 4.42. The molecule has 1 saturated carbocycles. The van der Waals surface area contributed by atoms with Gasteiger partial charge in [0.25, 0.3) is 0 Å². The number of halogens is 1. The number of carbonyl (C=O) groups excluding carboxylic acids is 1. The highest BCUT2D eigenvalue weighted by Crippen LogP contribution is 2.31. The molecular formula is C12H21ClN2O. The fourth-order valence-corrected chi connectivity index (χ4v) is 3.16. The van der Waals surface area contributed by atoms with E-state index in [1.807, 2.05) is 0 Å². The monoisotopic (exact) mass is 244 g/mol. The van der Waals surface area contributed by atoms with Crippen LogP contribution in [0.3, 0.4) is 0 Å². The molecule has 0 spiro atoms. The Balaban J connectivity index is 0.000000963. The highest BCUT2D eigenvalue weighted by atomic mass is 35.5. The van der Waals surface area contributed by atoms with Gasteiger partial charge in [0.2, 0.25) is 5.91 Å². The first-order valence-electron chi connectivity index (χ1n) is 6.37. The second-order valence-electron chi connectivity index (χ2n) is 5.31. The molecule has 0 bridgehead atoms. The minimum atomic E-state index is 0. The number of nitrogens with one attached hydrogen (secondary N) is 1. The van der Waals surface area contributed by atoms with Gasteiger partial charge in [0.1, 0.15) is 0 Å². The van der Waals surface area contributed by atoms with Gasteiger partial charge < -0.3 is 10.2 Å². The lowest BCUT2D eigenvalue weighted by atomic mass is 9.83. The van der Waals surface area contributed by atoms with E-state index in [1.54, 1.807) is 0 Å². The van der Waals surface area contributed by atoms with Crippen LogP contribution < -0.4 is 5.32 Å². The molecule has 3 rings (SSSR count). The maximum Gasteiger partial charge on any atom is 0.225 e. The number of hydrogen-bond acceptors (Lipinski definition) is 2. The van der Waals surface area contributed by atoms with Crippen LogP contribution in [0.2, 0.25) is 0 Å². The van der Waals surface area contributed by atoms with E-state index in [0.29, 0.717) is 17.9 Å². The summed E-state index contributed by atoms with van der Waals surface area (Å²) in [7, 11) is 0. The average Bonchev–Trinajstić information content (AvgIpc) is 2.61. The van der Waals surface area contributed by atoms with Crippen molar-refractivity contribution in [2.45, 2.75) is 38.1 Å². The standard InChI is InChI=1S/C12H20N2O.ClH/c15-12(9-2-1-3-9)14-7-5-11-10(8-14)4-6-13-11;/h9-11,13H,1-8H2;1H. The lowest BCUT2D eigenvalue weighted by molar-refractivity contribution is -0.140. The van der Waals surface area contributed by atoms with Crippen molar-refractivity contribution in [1.29, 1.82) is 0 Å². The number of likely N-dealkylation sites (tertiary alicyclic amines) is 1. The molecule has 3 nitrogen and oxygen atoms in total. The smallest absolute Gasteiger partial charge is 0.225 e. The fraction of sp³-hybridized carbons (Fsp3) is 0.917. The summed E-state index contributed by atoms with van der Waals surface area (Å²) in [5, 5.41) is 3.54. The quantitative estimate of drug-likeness (QED) is 0.757. The van der Waals surface area contributed by atoms with Gasteiger partial charge in [-0.15, -0.1) is 12.4 Å². The summed E-state index contributed by atoms with van der Waals surface area (Å²) < 4.78 is 0. The molecule has 0 radical (unpaired) electrons. The summed E-state index contributed by atoms with van der Waals surface area (Å²) in [5.41, 5.74) is 0. The first kappa shape index (κ1) is 12.2. The zero-order valence-electron chi connectivity index (χ0n) is 9.65. The Kier molecular flexibility index (Phi) is 3.75. The largest absolute Gasteiger partial charge is 0.342 e. The van der Waals surface area contributed by atoms with Crippen molar-refractivity contribution in [3.8, 4) is 0 Å². The summed E-state index contributed by atoms with van der Waals surface area (Å²) in [5.74, 6) is 1.57. The van der Waals surface area contributed by atoms with Gasteiger partial charge in [-0.05, 0) is 38.1 Å². The first-order chi connectivity index (χ1) is 7.34. The molecule has 92 valence electrons.